The van der Waals surface area contributed by atoms with E-state index in [0.29, 0.717) is 0 Å². The summed E-state index contributed by atoms with van der Waals surface area (Å²) in [7, 11) is 0. The number of hydrogen-bond acceptors (Lipinski definition) is 4. The van der Waals surface area contributed by atoms with E-state index in [4.69, 9.17) is 9.84 Å². The van der Waals surface area contributed by atoms with Crippen LogP contribution in [0.5, 0.6) is 0 Å². The highest BCUT2D eigenvalue weighted by atomic mass is 16.5. The van der Waals surface area contributed by atoms with Gasteiger partial charge in [0.25, 0.3) is 0 Å². The third-order valence-electron chi connectivity index (χ3n) is 2.48. The zero-order valence-corrected chi connectivity index (χ0v) is 6.05. The second-order valence-electron chi connectivity index (χ2n) is 3.28. The average Bonchev–Trinajstić information content (AvgIpc) is 2.75. The first kappa shape index (κ1) is 7.49. The van der Waals surface area contributed by atoms with Crippen molar-refractivity contribution in [2.24, 2.45) is 5.92 Å². The summed E-state index contributed by atoms with van der Waals surface area (Å²) in [6.45, 7) is -0.221. The molecule has 11 heavy (non-hydrogen) atoms. The van der Waals surface area contributed by atoms with Crippen molar-refractivity contribution in [2.45, 2.75) is 30.8 Å². The van der Waals surface area contributed by atoms with Crippen LogP contribution in [-0.2, 0) is 4.74 Å². The minimum Gasteiger partial charge on any atom is -0.394 e. The fourth-order valence-electron chi connectivity index (χ4n) is 1.63. The van der Waals surface area contributed by atoms with Crippen LogP contribution in [0, 0.1) is 5.92 Å². The molecule has 0 spiro atoms. The Morgan fingerprint density at radius 1 is 1.27 bits per heavy atom. The summed E-state index contributed by atoms with van der Waals surface area (Å²) >= 11 is 0. The van der Waals surface area contributed by atoms with Gasteiger partial charge in [0.2, 0.25) is 0 Å². The summed E-state index contributed by atoms with van der Waals surface area (Å²) < 4.78 is 5.23. The van der Waals surface area contributed by atoms with Gasteiger partial charge in [-0.25, -0.2) is 0 Å². The molecule has 64 valence electrons. The van der Waals surface area contributed by atoms with E-state index in [9.17, 15) is 10.2 Å². The van der Waals surface area contributed by atoms with Crippen LogP contribution in [0.1, 0.15) is 6.42 Å². The molecular formula is C7H12O4. The monoisotopic (exact) mass is 160 g/mol. The minimum atomic E-state index is -0.913. The molecule has 1 saturated carbocycles. The maximum atomic E-state index is 9.35. The molecule has 0 aromatic heterocycles. The number of aliphatic hydroxyl groups is 3. The van der Waals surface area contributed by atoms with Crippen LogP contribution in [0.3, 0.4) is 0 Å². The van der Waals surface area contributed by atoms with Crippen LogP contribution < -0.4 is 0 Å². The lowest BCUT2D eigenvalue weighted by atomic mass is 10.0. The maximum absolute atomic E-state index is 9.35. The number of rotatable bonds is 1. The Kier molecular flexibility index (Phi) is 1.64. The molecule has 2 aliphatic rings. The lowest BCUT2D eigenvalue weighted by molar-refractivity contribution is -0.152. The van der Waals surface area contributed by atoms with Crippen LogP contribution in [0.15, 0.2) is 0 Å². The molecule has 3 N–H and O–H groups in total. The van der Waals surface area contributed by atoms with Crippen molar-refractivity contribution in [3.8, 4) is 0 Å². The minimum absolute atomic E-state index is 0.0746. The third kappa shape index (κ3) is 1.06. The normalized spacial score (nSPS) is 55.4. The van der Waals surface area contributed by atoms with E-state index in [-0.39, 0.29) is 18.6 Å². The molecule has 1 aliphatic heterocycles. The first-order valence-electron chi connectivity index (χ1n) is 3.86. The van der Waals surface area contributed by atoms with Gasteiger partial charge in [0.05, 0.1) is 18.8 Å². The zero-order valence-electron chi connectivity index (χ0n) is 6.05. The fourth-order valence-corrected chi connectivity index (χ4v) is 1.63. The summed E-state index contributed by atoms with van der Waals surface area (Å²) in [5.41, 5.74) is 0. The Labute approximate surface area is 64.4 Å². The summed E-state index contributed by atoms with van der Waals surface area (Å²) in [6.07, 6.45) is -1.32. The average molecular weight is 160 g/mol. The Balaban J connectivity index is 2.03. The molecule has 0 amide bonds. The topological polar surface area (TPSA) is 69.9 Å². The molecule has 1 aliphatic carbocycles. The molecule has 1 heterocycles. The number of fused-ring (bicyclic) bond motifs is 1. The van der Waals surface area contributed by atoms with Crippen molar-refractivity contribution in [1.82, 2.24) is 0 Å². The van der Waals surface area contributed by atoms with Crippen molar-refractivity contribution in [2.75, 3.05) is 6.61 Å². The molecular weight excluding hydrogens is 148 g/mol. The van der Waals surface area contributed by atoms with Gasteiger partial charge in [0, 0.05) is 5.92 Å². The Hall–Kier alpha value is -0.160. The van der Waals surface area contributed by atoms with Gasteiger partial charge in [0.1, 0.15) is 12.2 Å². The first-order chi connectivity index (χ1) is 5.24. The van der Waals surface area contributed by atoms with Gasteiger partial charge in [-0.15, -0.1) is 0 Å². The second kappa shape index (κ2) is 2.42. The smallest absolute Gasteiger partial charge is 0.109 e. The summed E-state index contributed by atoms with van der Waals surface area (Å²) in [4.78, 5) is 0. The van der Waals surface area contributed by atoms with Crippen molar-refractivity contribution in [1.29, 1.82) is 0 Å². The highest BCUT2D eigenvalue weighted by Gasteiger charge is 2.53. The predicted octanol–water partition coefficient (Wildman–Crippen LogP) is -1.51. The van der Waals surface area contributed by atoms with Gasteiger partial charge in [-0.1, -0.05) is 0 Å². The second-order valence-corrected chi connectivity index (χ2v) is 3.28. The van der Waals surface area contributed by atoms with E-state index in [1.54, 1.807) is 0 Å². The Morgan fingerprint density at radius 3 is 2.64 bits per heavy atom. The van der Waals surface area contributed by atoms with Crippen LogP contribution in [0.4, 0.5) is 0 Å². The van der Waals surface area contributed by atoms with Crippen molar-refractivity contribution in [3.05, 3.63) is 0 Å². The molecule has 4 nitrogen and oxygen atoms in total. The lowest BCUT2D eigenvalue weighted by Crippen LogP contribution is -2.47. The van der Waals surface area contributed by atoms with Gasteiger partial charge in [0.15, 0.2) is 0 Å². The van der Waals surface area contributed by atoms with Crippen LogP contribution in [0.25, 0.3) is 0 Å². The van der Waals surface area contributed by atoms with E-state index < -0.39 is 18.3 Å². The van der Waals surface area contributed by atoms with Gasteiger partial charge in [-0.3, -0.25) is 0 Å². The standard InChI is InChI=1S/C7H12O4/c8-2-5-7(10)6(9)3-1-4(3)11-5/h3-10H,1-2H2/t3-,4+,5+,6+,7-/m0/s1. The zero-order chi connectivity index (χ0) is 8.01. The van der Waals surface area contributed by atoms with E-state index in [2.05, 4.69) is 0 Å². The Morgan fingerprint density at radius 2 is 2.00 bits per heavy atom. The molecule has 2 fully saturated rings. The summed E-state index contributed by atoms with van der Waals surface area (Å²) in [6, 6.07) is 0. The summed E-state index contributed by atoms with van der Waals surface area (Å²) in [5.74, 6) is 0.104. The highest BCUT2D eigenvalue weighted by molar-refractivity contribution is 5.02. The van der Waals surface area contributed by atoms with Crippen LogP contribution in [0.2, 0.25) is 0 Å². The van der Waals surface area contributed by atoms with Crippen LogP contribution in [-0.4, -0.2) is 46.3 Å². The van der Waals surface area contributed by atoms with Gasteiger partial charge in [-0.2, -0.15) is 0 Å². The quantitative estimate of drug-likeness (QED) is 0.436. The fraction of sp³-hybridized carbons (Fsp3) is 1.00. The van der Waals surface area contributed by atoms with E-state index in [0.717, 1.165) is 6.42 Å². The number of ether oxygens (including phenoxy) is 1. The molecule has 0 aromatic rings. The van der Waals surface area contributed by atoms with Gasteiger partial charge in [-0.05, 0) is 6.42 Å². The lowest BCUT2D eigenvalue weighted by Gasteiger charge is -2.30. The third-order valence-corrected chi connectivity index (χ3v) is 2.48. The Bertz CT molecular complexity index is 161. The van der Waals surface area contributed by atoms with Crippen molar-refractivity contribution >= 4 is 0 Å². The van der Waals surface area contributed by atoms with E-state index in [1.165, 1.54) is 0 Å². The molecule has 4 heteroatoms. The molecule has 0 aromatic carbocycles. The molecule has 1 saturated heterocycles. The highest BCUT2D eigenvalue weighted by Crippen LogP contribution is 2.43. The molecule has 5 atom stereocenters. The SMILES string of the molecule is OC[C@H]1O[C@@H]2C[C@@H]2[C@@H](O)[C@H]1O. The maximum Gasteiger partial charge on any atom is 0.109 e. The predicted molar refractivity (Wildman–Crippen MR) is 35.9 cm³/mol. The first-order valence-corrected chi connectivity index (χ1v) is 3.86. The van der Waals surface area contributed by atoms with Crippen LogP contribution >= 0.6 is 0 Å². The van der Waals surface area contributed by atoms with Crippen molar-refractivity contribution < 1.29 is 20.1 Å². The number of hydrogen-bond donors (Lipinski definition) is 3. The largest absolute Gasteiger partial charge is 0.394 e. The molecule has 0 unspecified atom stereocenters. The summed E-state index contributed by atoms with van der Waals surface area (Å²) in [5, 5.41) is 27.4. The van der Waals surface area contributed by atoms with Gasteiger partial charge < -0.3 is 20.1 Å². The molecule has 0 radical (unpaired) electrons. The molecule has 2 rings (SSSR count). The van der Waals surface area contributed by atoms with Crippen molar-refractivity contribution in [3.63, 3.8) is 0 Å². The van der Waals surface area contributed by atoms with E-state index >= 15 is 0 Å². The number of aliphatic hydroxyl groups excluding tert-OH is 3. The van der Waals surface area contributed by atoms with Gasteiger partial charge >= 0.3 is 0 Å². The molecule has 0 bridgehead atoms. The van der Waals surface area contributed by atoms with E-state index in [1.807, 2.05) is 0 Å².